The molecule has 0 spiro atoms. The Morgan fingerprint density at radius 1 is 1.17 bits per heavy atom. The molecular formula is C18H15ClN2O3. The lowest BCUT2D eigenvalue weighted by molar-refractivity contribution is -0.140. The van der Waals surface area contributed by atoms with Gasteiger partial charge in [0.1, 0.15) is 6.26 Å². The molecule has 2 aliphatic rings. The van der Waals surface area contributed by atoms with Gasteiger partial charge in [-0.3, -0.25) is 14.5 Å². The van der Waals surface area contributed by atoms with Crippen LogP contribution in [0.5, 0.6) is 0 Å². The number of carbonyl (C=O) groups is 2. The molecule has 2 aromatic rings. The third-order valence-corrected chi connectivity index (χ3v) is 4.78. The molecule has 1 aliphatic heterocycles. The predicted octanol–water partition coefficient (Wildman–Crippen LogP) is 3.45. The van der Waals surface area contributed by atoms with E-state index in [2.05, 4.69) is 4.98 Å². The zero-order valence-electron chi connectivity index (χ0n) is 12.8. The van der Waals surface area contributed by atoms with Gasteiger partial charge < -0.3 is 4.42 Å². The molecule has 1 saturated heterocycles. The molecule has 4 rings (SSSR count). The third kappa shape index (κ3) is 2.55. The standard InChI is InChI=1S/C18H15ClN2O3/c19-12-5-3-4-11(8-12)16-20-13(10-24-16)9-21-17(22)14-6-1-2-7-15(14)18(21)23/h1-5,8,10,14-15H,6-7,9H2/t14-,15-/m1/s1. The maximum atomic E-state index is 12.5. The monoisotopic (exact) mass is 342 g/mol. The normalized spacial score (nSPS) is 23.0. The van der Waals surface area contributed by atoms with Gasteiger partial charge in [-0.25, -0.2) is 4.98 Å². The first kappa shape index (κ1) is 15.1. The fraction of sp³-hybridized carbons (Fsp3) is 0.278. The summed E-state index contributed by atoms with van der Waals surface area (Å²) < 4.78 is 5.47. The van der Waals surface area contributed by atoms with E-state index in [-0.39, 0.29) is 30.2 Å². The summed E-state index contributed by atoms with van der Waals surface area (Å²) in [5.74, 6) is -0.238. The second-order valence-electron chi connectivity index (χ2n) is 6.07. The summed E-state index contributed by atoms with van der Waals surface area (Å²) in [6, 6.07) is 7.18. The highest BCUT2D eigenvalue weighted by Gasteiger charge is 2.47. The van der Waals surface area contributed by atoms with Gasteiger partial charge >= 0.3 is 0 Å². The van der Waals surface area contributed by atoms with E-state index < -0.39 is 0 Å². The number of imide groups is 1. The number of oxazole rings is 1. The molecule has 1 aromatic heterocycles. The number of halogens is 1. The van der Waals surface area contributed by atoms with Crippen molar-refractivity contribution in [2.75, 3.05) is 0 Å². The van der Waals surface area contributed by atoms with Crippen LogP contribution in [0.1, 0.15) is 18.5 Å². The van der Waals surface area contributed by atoms with Crippen molar-refractivity contribution >= 4 is 23.4 Å². The molecule has 0 N–H and O–H groups in total. The number of aromatic nitrogens is 1. The predicted molar refractivity (Wildman–Crippen MR) is 87.9 cm³/mol. The average molecular weight is 343 g/mol. The van der Waals surface area contributed by atoms with Crippen LogP contribution >= 0.6 is 11.6 Å². The van der Waals surface area contributed by atoms with Crippen LogP contribution in [0.2, 0.25) is 5.02 Å². The maximum absolute atomic E-state index is 12.5. The number of carbonyl (C=O) groups excluding carboxylic acids is 2. The van der Waals surface area contributed by atoms with Crippen LogP contribution in [-0.2, 0) is 16.1 Å². The lowest BCUT2D eigenvalue weighted by atomic mass is 9.85. The molecule has 24 heavy (non-hydrogen) atoms. The van der Waals surface area contributed by atoms with Gasteiger partial charge in [-0.15, -0.1) is 0 Å². The molecule has 1 aromatic carbocycles. The summed E-state index contributed by atoms with van der Waals surface area (Å²) in [5, 5.41) is 0.591. The zero-order chi connectivity index (χ0) is 16.7. The first-order valence-electron chi connectivity index (χ1n) is 7.84. The van der Waals surface area contributed by atoms with Crippen molar-refractivity contribution in [1.29, 1.82) is 0 Å². The summed E-state index contributed by atoms with van der Waals surface area (Å²) in [4.78, 5) is 30.6. The van der Waals surface area contributed by atoms with E-state index in [0.717, 1.165) is 5.56 Å². The number of hydrogen-bond acceptors (Lipinski definition) is 4. The van der Waals surface area contributed by atoms with E-state index >= 15 is 0 Å². The molecule has 1 fully saturated rings. The van der Waals surface area contributed by atoms with Gasteiger partial charge in [0, 0.05) is 10.6 Å². The van der Waals surface area contributed by atoms with E-state index in [1.807, 2.05) is 24.3 Å². The van der Waals surface area contributed by atoms with E-state index in [1.165, 1.54) is 11.2 Å². The Kier molecular flexibility index (Phi) is 3.73. The van der Waals surface area contributed by atoms with Gasteiger partial charge in [-0.05, 0) is 31.0 Å². The van der Waals surface area contributed by atoms with E-state index in [0.29, 0.717) is 29.4 Å². The lowest BCUT2D eigenvalue weighted by Gasteiger charge is -2.14. The fourth-order valence-electron chi connectivity index (χ4n) is 3.32. The van der Waals surface area contributed by atoms with Crippen molar-refractivity contribution in [3.05, 3.63) is 53.4 Å². The number of hydrogen-bond donors (Lipinski definition) is 0. The lowest BCUT2D eigenvalue weighted by Crippen LogP contribution is -2.30. The summed E-state index contributed by atoms with van der Waals surface area (Å²) in [6.45, 7) is 0.148. The van der Waals surface area contributed by atoms with Crippen LogP contribution in [0.3, 0.4) is 0 Å². The van der Waals surface area contributed by atoms with Crippen LogP contribution in [-0.4, -0.2) is 21.7 Å². The summed E-state index contributed by atoms with van der Waals surface area (Å²) >= 11 is 5.97. The van der Waals surface area contributed by atoms with Crippen LogP contribution in [0.15, 0.2) is 47.1 Å². The molecule has 5 nitrogen and oxygen atoms in total. The van der Waals surface area contributed by atoms with Crippen molar-refractivity contribution < 1.29 is 14.0 Å². The van der Waals surface area contributed by atoms with E-state index in [4.69, 9.17) is 16.0 Å². The van der Waals surface area contributed by atoms with Gasteiger partial charge in [0.25, 0.3) is 0 Å². The van der Waals surface area contributed by atoms with E-state index in [1.54, 1.807) is 12.1 Å². The minimum absolute atomic E-state index is 0.110. The Hall–Kier alpha value is -2.40. The van der Waals surface area contributed by atoms with Gasteiger partial charge in [0.2, 0.25) is 17.7 Å². The van der Waals surface area contributed by atoms with Crippen LogP contribution in [0, 0.1) is 11.8 Å². The number of rotatable bonds is 3. The van der Waals surface area contributed by atoms with Crippen molar-refractivity contribution in [2.24, 2.45) is 11.8 Å². The van der Waals surface area contributed by atoms with Crippen LogP contribution in [0.25, 0.3) is 11.5 Å². The van der Waals surface area contributed by atoms with E-state index in [9.17, 15) is 9.59 Å². The minimum Gasteiger partial charge on any atom is -0.444 e. The Morgan fingerprint density at radius 3 is 2.54 bits per heavy atom. The molecule has 0 unspecified atom stereocenters. The van der Waals surface area contributed by atoms with Gasteiger partial charge in [-0.2, -0.15) is 0 Å². The quantitative estimate of drug-likeness (QED) is 0.633. The molecule has 0 bridgehead atoms. The number of fused-ring (bicyclic) bond motifs is 1. The smallest absolute Gasteiger partial charge is 0.233 e. The van der Waals surface area contributed by atoms with Gasteiger partial charge in [0.15, 0.2) is 0 Å². The number of allylic oxidation sites excluding steroid dienone is 2. The maximum Gasteiger partial charge on any atom is 0.233 e. The summed E-state index contributed by atoms with van der Waals surface area (Å²) in [7, 11) is 0. The molecule has 1 aliphatic carbocycles. The molecule has 0 saturated carbocycles. The molecular weight excluding hydrogens is 328 g/mol. The number of likely N-dealkylation sites (tertiary alicyclic amines) is 1. The molecule has 0 radical (unpaired) electrons. The largest absolute Gasteiger partial charge is 0.444 e. The van der Waals surface area contributed by atoms with Gasteiger partial charge in [-0.1, -0.05) is 29.8 Å². The number of amides is 2. The Labute approximate surface area is 143 Å². The topological polar surface area (TPSA) is 63.4 Å². The zero-order valence-corrected chi connectivity index (χ0v) is 13.6. The second kappa shape index (κ2) is 5.91. The summed E-state index contributed by atoms with van der Waals surface area (Å²) in [5.41, 5.74) is 1.31. The Bertz CT molecular complexity index is 816. The molecule has 6 heteroatoms. The second-order valence-corrected chi connectivity index (χ2v) is 6.51. The SMILES string of the molecule is O=C1[C@@H]2CC=CC[C@H]2C(=O)N1Cc1coc(-c2cccc(Cl)c2)n1. The highest BCUT2D eigenvalue weighted by Crippen LogP contribution is 2.35. The van der Waals surface area contributed by atoms with Crippen molar-refractivity contribution in [1.82, 2.24) is 9.88 Å². The Morgan fingerprint density at radius 2 is 1.88 bits per heavy atom. The molecule has 122 valence electrons. The van der Waals surface area contributed by atoms with Gasteiger partial charge in [0.05, 0.1) is 24.1 Å². The first-order valence-corrected chi connectivity index (χ1v) is 8.22. The number of nitrogens with zero attached hydrogens (tertiary/aromatic N) is 2. The number of benzene rings is 1. The highest BCUT2D eigenvalue weighted by atomic mass is 35.5. The van der Waals surface area contributed by atoms with Crippen molar-refractivity contribution in [3.63, 3.8) is 0 Å². The molecule has 2 amide bonds. The van der Waals surface area contributed by atoms with Crippen molar-refractivity contribution in [2.45, 2.75) is 19.4 Å². The fourth-order valence-corrected chi connectivity index (χ4v) is 3.51. The average Bonchev–Trinajstić information content (AvgIpc) is 3.15. The Balaban J connectivity index is 1.54. The molecule has 2 heterocycles. The third-order valence-electron chi connectivity index (χ3n) is 4.54. The van der Waals surface area contributed by atoms with Crippen molar-refractivity contribution in [3.8, 4) is 11.5 Å². The van der Waals surface area contributed by atoms with Crippen LogP contribution in [0.4, 0.5) is 0 Å². The minimum atomic E-state index is -0.221. The first-order chi connectivity index (χ1) is 11.6. The highest BCUT2D eigenvalue weighted by molar-refractivity contribution is 6.30. The summed E-state index contributed by atoms with van der Waals surface area (Å²) in [6.07, 6.45) is 6.71. The molecule has 2 atom stereocenters. The van der Waals surface area contributed by atoms with Crippen LogP contribution < -0.4 is 0 Å².